The van der Waals surface area contributed by atoms with Crippen molar-refractivity contribution in [3.8, 4) is 0 Å². The van der Waals surface area contributed by atoms with Gasteiger partial charge in [-0.15, -0.1) is 0 Å². The van der Waals surface area contributed by atoms with Crippen molar-refractivity contribution >= 4 is 17.5 Å². The molecule has 1 aliphatic heterocycles. The van der Waals surface area contributed by atoms with E-state index in [4.69, 9.17) is 10.2 Å². The highest BCUT2D eigenvalue weighted by Gasteiger charge is 2.23. The van der Waals surface area contributed by atoms with E-state index in [2.05, 4.69) is 29.4 Å². The molecule has 2 heterocycles. The SMILES string of the molecule is CN1CC(CNC(=O)c2ccoc2CC(N)=O)Cc2ccccc21. The van der Waals surface area contributed by atoms with E-state index in [0.717, 1.165) is 13.0 Å². The number of benzene rings is 1. The fourth-order valence-electron chi connectivity index (χ4n) is 3.22. The summed E-state index contributed by atoms with van der Waals surface area (Å²) in [6.45, 7) is 1.45. The highest BCUT2D eigenvalue weighted by molar-refractivity contribution is 5.96. The molecular weight excluding hydrogens is 306 g/mol. The summed E-state index contributed by atoms with van der Waals surface area (Å²) >= 11 is 0. The van der Waals surface area contributed by atoms with Gasteiger partial charge in [-0.25, -0.2) is 0 Å². The maximum absolute atomic E-state index is 12.3. The van der Waals surface area contributed by atoms with E-state index in [1.165, 1.54) is 17.5 Å². The minimum atomic E-state index is -0.524. The Labute approximate surface area is 140 Å². The first-order valence-corrected chi connectivity index (χ1v) is 7.96. The summed E-state index contributed by atoms with van der Waals surface area (Å²) in [5.41, 5.74) is 8.08. The molecule has 0 aliphatic carbocycles. The van der Waals surface area contributed by atoms with Crippen LogP contribution in [0.25, 0.3) is 0 Å². The van der Waals surface area contributed by atoms with Gasteiger partial charge >= 0.3 is 0 Å². The van der Waals surface area contributed by atoms with Gasteiger partial charge in [0.2, 0.25) is 5.91 Å². The second-order valence-corrected chi connectivity index (χ2v) is 6.19. The molecule has 2 amide bonds. The van der Waals surface area contributed by atoms with Crippen LogP contribution in [0.2, 0.25) is 0 Å². The standard InChI is InChI=1S/C18H21N3O3/c1-21-11-12(8-13-4-2-3-5-15(13)21)10-20-18(23)14-6-7-24-16(14)9-17(19)22/h2-7,12H,8-11H2,1H3,(H2,19,22)(H,20,23). The first-order chi connectivity index (χ1) is 11.5. The van der Waals surface area contributed by atoms with Gasteiger partial charge in [-0.1, -0.05) is 18.2 Å². The van der Waals surface area contributed by atoms with E-state index in [-0.39, 0.29) is 12.3 Å². The molecule has 1 unspecified atom stereocenters. The summed E-state index contributed by atoms with van der Waals surface area (Å²) in [5, 5.41) is 2.94. The summed E-state index contributed by atoms with van der Waals surface area (Å²) < 4.78 is 5.18. The number of carbonyl (C=O) groups excluding carboxylic acids is 2. The molecule has 0 radical (unpaired) electrons. The molecule has 0 spiro atoms. The van der Waals surface area contributed by atoms with Gasteiger partial charge in [-0.05, 0) is 30.0 Å². The Kier molecular flexibility index (Phi) is 4.55. The molecule has 0 bridgehead atoms. The summed E-state index contributed by atoms with van der Waals surface area (Å²) in [6, 6.07) is 9.88. The van der Waals surface area contributed by atoms with Crippen LogP contribution in [0.15, 0.2) is 41.0 Å². The largest absolute Gasteiger partial charge is 0.468 e. The summed E-state index contributed by atoms with van der Waals surface area (Å²) in [7, 11) is 2.06. The zero-order valence-electron chi connectivity index (χ0n) is 13.6. The van der Waals surface area contributed by atoms with Crippen LogP contribution in [0, 0.1) is 5.92 Å². The van der Waals surface area contributed by atoms with Crippen molar-refractivity contribution in [3.63, 3.8) is 0 Å². The lowest BCUT2D eigenvalue weighted by atomic mass is 9.92. The van der Waals surface area contributed by atoms with Gasteiger partial charge in [-0.3, -0.25) is 9.59 Å². The van der Waals surface area contributed by atoms with Crippen LogP contribution in [0.4, 0.5) is 5.69 Å². The van der Waals surface area contributed by atoms with E-state index in [9.17, 15) is 9.59 Å². The van der Waals surface area contributed by atoms with Gasteiger partial charge in [0.15, 0.2) is 0 Å². The molecule has 1 aromatic heterocycles. The summed E-state index contributed by atoms with van der Waals surface area (Å²) in [5.74, 6) is -0.113. The number of nitrogens with two attached hydrogens (primary N) is 1. The minimum Gasteiger partial charge on any atom is -0.468 e. The van der Waals surface area contributed by atoms with Crippen molar-refractivity contribution in [1.29, 1.82) is 0 Å². The summed E-state index contributed by atoms with van der Waals surface area (Å²) in [6.07, 6.45) is 2.26. The van der Waals surface area contributed by atoms with Gasteiger partial charge in [0, 0.05) is 25.8 Å². The predicted octanol–water partition coefficient (Wildman–Crippen LogP) is 1.35. The van der Waals surface area contributed by atoms with Crippen LogP contribution in [-0.2, 0) is 17.6 Å². The predicted molar refractivity (Wildman–Crippen MR) is 90.8 cm³/mol. The lowest BCUT2D eigenvalue weighted by Crippen LogP contribution is -2.39. The Balaban J connectivity index is 1.62. The van der Waals surface area contributed by atoms with Gasteiger partial charge in [0.25, 0.3) is 5.91 Å². The lowest BCUT2D eigenvalue weighted by Gasteiger charge is -2.33. The molecule has 6 nitrogen and oxygen atoms in total. The number of fused-ring (bicyclic) bond motifs is 1. The average molecular weight is 327 g/mol. The molecule has 1 aliphatic rings. The first-order valence-electron chi connectivity index (χ1n) is 7.96. The monoisotopic (exact) mass is 327 g/mol. The first kappa shape index (κ1) is 16.1. The van der Waals surface area contributed by atoms with Crippen LogP contribution in [-0.4, -0.2) is 32.0 Å². The number of hydrogen-bond acceptors (Lipinski definition) is 4. The quantitative estimate of drug-likeness (QED) is 0.867. The fourth-order valence-corrected chi connectivity index (χ4v) is 3.22. The zero-order chi connectivity index (χ0) is 17.1. The van der Waals surface area contributed by atoms with E-state index in [0.29, 0.717) is 23.8 Å². The number of nitrogens with one attached hydrogen (secondary N) is 1. The maximum atomic E-state index is 12.3. The summed E-state index contributed by atoms with van der Waals surface area (Å²) in [4.78, 5) is 25.6. The third-order valence-electron chi connectivity index (χ3n) is 4.32. The number of primary amides is 1. The smallest absolute Gasteiger partial charge is 0.254 e. The normalized spacial score (nSPS) is 16.5. The van der Waals surface area contributed by atoms with Crippen LogP contribution in [0.3, 0.4) is 0 Å². The highest BCUT2D eigenvalue weighted by Crippen LogP contribution is 2.28. The highest BCUT2D eigenvalue weighted by atomic mass is 16.3. The Morgan fingerprint density at radius 3 is 2.92 bits per heavy atom. The Morgan fingerprint density at radius 1 is 1.33 bits per heavy atom. The van der Waals surface area contributed by atoms with Crippen molar-refractivity contribution in [2.45, 2.75) is 12.8 Å². The second-order valence-electron chi connectivity index (χ2n) is 6.19. The molecular formula is C18H21N3O3. The Bertz CT molecular complexity index is 753. The van der Waals surface area contributed by atoms with Crippen LogP contribution < -0.4 is 16.0 Å². The Hall–Kier alpha value is -2.76. The van der Waals surface area contributed by atoms with Gasteiger partial charge < -0.3 is 20.4 Å². The number of amides is 2. The van der Waals surface area contributed by atoms with E-state index < -0.39 is 5.91 Å². The van der Waals surface area contributed by atoms with E-state index in [1.54, 1.807) is 6.07 Å². The molecule has 24 heavy (non-hydrogen) atoms. The molecule has 0 saturated heterocycles. The molecule has 3 rings (SSSR count). The Morgan fingerprint density at radius 2 is 2.12 bits per heavy atom. The third kappa shape index (κ3) is 3.42. The number of nitrogens with zero attached hydrogens (tertiary/aromatic N) is 1. The van der Waals surface area contributed by atoms with Crippen molar-refractivity contribution < 1.29 is 14.0 Å². The molecule has 3 N–H and O–H groups in total. The van der Waals surface area contributed by atoms with Crippen molar-refractivity contribution in [2.75, 3.05) is 25.0 Å². The van der Waals surface area contributed by atoms with Crippen molar-refractivity contribution in [2.24, 2.45) is 11.7 Å². The zero-order valence-corrected chi connectivity index (χ0v) is 13.6. The van der Waals surface area contributed by atoms with Gasteiger partial charge in [0.1, 0.15) is 5.76 Å². The van der Waals surface area contributed by atoms with Crippen LogP contribution in [0.1, 0.15) is 21.7 Å². The van der Waals surface area contributed by atoms with Crippen LogP contribution >= 0.6 is 0 Å². The van der Waals surface area contributed by atoms with Gasteiger partial charge in [-0.2, -0.15) is 0 Å². The number of carbonyl (C=O) groups is 2. The number of para-hydroxylation sites is 1. The van der Waals surface area contributed by atoms with E-state index in [1.807, 2.05) is 12.1 Å². The van der Waals surface area contributed by atoms with E-state index >= 15 is 0 Å². The number of anilines is 1. The average Bonchev–Trinajstić information content (AvgIpc) is 3.00. The third-order valence-corrected chi connectivity index (χ3v) is 4.32. The molecule has 1 aromatic carbocycles. The number of rotatable bonds is 5. The number of hydrogen-bond donors (Lipinski definition) is 2. The molecule has 2 aromatic rings. The maximum Gasteiger partial charge on any atom is 0.254 e. The molecule has 126 valence electrons. The fraction of sp³-hybridized carbons (Fsp3) is 0.333. The second kappa shape index (κ2) is 6.78. The van der Waals surface area contributed by atoms with Crippen molar-refractivity contribution in [3.05, 3.63) is 53.5 Å². The molecule has 1 atom stereocenters. The topological polar surface area (TPSA) is 88.6 Å². The van der Waals surface area contributed by atoms with Crippen LogP contribution in [0.5, 0.6) is 0 Å². The lowest BCUT2D eigenvalue weighted by molar-refractivity contribution is -0.117. The molecule has 0 saturated carbocycles. The molecule has 6 heteroatoms. The number of furan rings is 1. The van der Waals surface area contributed by atoms with Crippen molar-refractivity contribution in [1.82, 2.24) is 5.32 Å². The van der Waals surface area contributed by atoms with Gasteiger partial charge in [0.05, 0.1) is 18.2 Å². The molecule has 0 fully saturated rings. The minimum absolute atomic E-state index is 0.0741.